The second-order valence-electron chi connectivity index (χ2n) is 10.2. The zero-order chi connectivity index (χ0) is 22.5. The van der Waals surface area contributed by atoms with Gasteiger partial charge in [-0.15, -0.1) is 0 Å². The summed E-state index contributed by atoms with van der Waals surface area (Å²) in [5.74, 6) is 1.19. The number of thioether (sulfide) groups is 1. The molecule has 1 fully saturated rings. The minimum absolute atomic E-state index is 0.00187. The van der Waals surface area contributed by atoms with Crippen molar-refractivity contribution in [2.45, 2.75) is 91.4 Å². The molecular weight excluding hydrogens is 394 g/mol. The van der Waals surface area contributed by atoms with Gasteiger partial charge in [-0.2, -0.15) is 0 Å². The van der Waals surface area contributed by atoms with Crippen LogP contribution >= 0.6 is 11.8 Å². The molecule has 4 nitrogen and oxygen atoms in total. The number of nitrogens with one attached hydrogen (secondary N) is 1. The Bertz CT molecular complexity index is 745. The molecular formula is C25H39NO3S. The predicted octanol–water partition coefficient (Wildman–Crippen LogP) is 6.94. The van der Waals surface area contributed by atoms with Gasteiger partial charge in [0, 0.05) is 16.2 Å². The second-order valence-corrected chi connectivity index (χ2v) is 11.3. The maximum absolute atomic E-state index is 13.4. The van der Waals surface area contributed by atoms with E-state index in [-0.39, 0.29) is 22.7 Å². The van der Waals surface area contributed by atoms with Crippen LogP contribution in [0.5, 0.6) is 5.75 Å². The van der Waals surface area contributed by atoms with Gasteiger partial charge < -0.3 is 10.4 Å². The highest BCUT2D eigenvalue weighted by Crippen LogP contribution is 2.39. The highest BCUT2D eigenvalue weighted by atomic mass is 32.2. The topological polar surface area (TPSA) is 66.4 Å². The van der Waals surface area contributed by atoms with Gasteiger partial charge in [0.15, 0.2) is 5.12 Å². The Labute approximate surface area is 186 Å². The monoisotopic (exact) mass is 433 g/mol. The number of phenols is 1. The lowest BCUT2D eigenvalue weighted by Crippen LogP contribution is -2.31. The summed E-state index contributed by atoms with van der Waals surface area (Å²) in [6, 6.07) is 3.38. The van der Waals surface area contributed by atoms with Crippen molar-refractivity contribution in [3.05, 3.63) is 17.7 Å². The molecule has 1 unspecified atom stereocenters. The van der Waals surface area contributed by atoms with Crippen molar-refractivity contribution in [2.75, 3.05) is 5.32 Å². The van der Waals surface area contributed by atoms with Gasteiger partial charge >= 0.3 is 0 Å². The molecule has 1 atom stereocenters. The van der Waals surface area contributed by atoms with E-state index < -0.39 is 5.41 Å². The average Bonchev–Trinajstić information content (AvgIpc) is 2.65. The third-order valence-electron chi connectivity index (χ3n) is 5.98. The summed E-state index contributed by atoms with van der Waals surface area (Å²) in [6.45, 7) is 11.8. The van der Waals surface area contributed by atoms with E-state index >= 15 is 0 Å². The standard InChI is InChI=1S/C25H39NO3S/c1-16(2)12-13-19(18-10-8-7-9-11-18)23(28)26-20-14-17(3)21(27)15-22(20)30-24(29)25(4,5)6/h14-16,18-19,27H,7-13H2,1-6H3,(H,26,28). The van der Waals surface area contributed by atoms with E-state index in [4.69, 9.17) is 0 Å². The molecule has 1 amide bonds. The first kappa shape index (κ1) is 24.8. The van der Waals surface area contributed by atoms with Crippen LogP contribution in [0.4, 0.5) is 5.69 Å². The Morgan fingerprint density at radius 3 is 2.33 bits per heavy atom. The van der Waals surface area contributed by atoms with Gasteiger partial charge in [0.2, 0.25) is 5.91 Å². The van der Waals surface area contributed by atoms with Crippen LogP contribution in [0, 0.1) is 30.1 Å². The van der Waals surface area contributed by atoms with Crippen molar-refractivity contribution in [3.63, 3.8) is 0 Å². The van der Waals surface area contributed by atoms with Gasteiger partial charge in [0.25, 0.3) is 0 Å². The summed E-state index contributed by atoms with van der Waals surface area (Å²) in [6.07, 6.45) is 7.85. The van der Waals surface area contributed by atoms with Crippen LogP contribution in [-0.4, -0.2) is 16.1 Å². The zero-order valence-electron chi connectivity index (χ0n) is 19.5. The smallest absolute Gasteiger partial charge is 0.227 e. The molecule has 5 heteroatoms. The number of carbonyl (C=O) groups excluding carboxylic acids is 2. The summed E-state index contributed by atoms with van der Waals surface area (Å²) in [5.41, 5.74) is 0.812. The first-order valence-corrected chi connectivity index (χ1v) is 12.2. The molecule has 1 aromatic rings. The third kappa shape index (κ3) is 7.04. The van der Waals surface area contributed by atoms with Crippen LogP contribution in [-0.2, 0) is 9.59 Å². The number of amides is 1. The molecule has 0 saturated heterocycles. The molecule has 0 spiro atoms. The lowest BCUT2D eigenvalue weighted by molar-refractivity contribution is -0.122. The Kier molecular flexibility index (Phi) is 8.84. The van der Waals surface area contributed by atoms with Crippen LogP contribution in [0.3, 0.4) is 0 Å². The average molecular weight is 434 g/mol. The van der Waals surface area contributed by atoms with E-state index in [9.17, 15) is 14.7 Å². The first-order valence-electron chi connectivity index (χ1n) is 11.4. The van der Waals surface area contributed by atoms with Crippen LogP contribution in [0.15, 0.2) is 17.0 Å². The van der Waals surface area contributed by atoms with Crippen molar-refractivity contribution >= 4 is 28.5 Å². The number of phenolic OH excluding ortho intramolecular Hbond substituents is 1. The van der Waals surface area contributed by atoms with E-state index in [0.717, 1.165) is 37.4 Å². The fourth-order valence-corrected chi connectivity index (χ4v) is 4.86. The van der Waals surface area contributed by atoms with Crippen LogP contribution in [0.1, 0.15) is 85.1 Å². The zero-order valence-corrected chi connectivity index (χ0v) is 20.3. The van der Waals surface area contributed by atoms with Gasteiger partial charge in [-0.3, -0.25) is 9.59 Å². The number of hydrogen-bond donors (Lipinski definition) is 2. The molecule has 1 aromatic carbocycles. The highest BCUT2D eigenvalue weighted by Gasteiger charge is 2.30. The first-order chi connectivity index (χ1) is 14.0. The molecule has 168 valence electrons. The number of rotatable bonds is 7. The summed E-state index contributed by atoms with van der Waals surface area (Å²) < 4.78 is 0. The number of aromatic hydroxyl groups is 1. The van der Waals surface area contributed by atoms with E-state index in [1.165, 1.54) is 19.3 Å². The SMILES string of the molecule is Cc1cc(NC(=O)C(CCC(C)C)C2CCCCC2)c(SC(=O)C(C)(C)C)cc1O. The van der Waals surface area contributed by atoms with Crippen LogP contribution < -0.4 is 5.32 Å². The maximum Gasteiger partial charge on any atom is 0.227 e. The molecule has 30 heavy (non-hydrogen) atoms. The van der Waals surface area contributed by atoms with E-state index in [1.807, 2.05) is 27.7 Å². The van der Waals surface area contributed by atoms with Crippen molar-refractivity contribution in [1.29, 1.82) is 0 Å². The van der Waals surface area contributed by atoms with E-state index in [1.54, 1.807) is 12.1 Å². The Morgan fingerprint density at radius 2 is 1.77 bits per heavy atom. The highest BCUT2D eigenvalue weighted by molar-refractivity contribution is 8.13. The van der Waals surface area contributed by atoms with Gasteiger partial charge in [-0.05, 0) is 67.5 Å². The van der Waals surface area contributed by atoms with Crippen LogP contribution in [0.25, 0.3) is 0 Å². The lowest BCUT2D eigenvalue weighted by Gasteiger charge is -2.30. The number of hydrogen-bond acceptors (Lipinski definition) is 4. The number of benzene rings is 1. The van der Waals surface area contributed by atoms with Gasteiger partial charge in [0.05, 0.1) is 5.69 Å². The number of carbonyl (C=O) groups is 2. The Hall–Kier alpha value is -1.49. The second kappa shape index (κ2) is 10.7. The van der Waals surface area contributed by atoms with Crippen LogP contribution in [0.2, 0.25) is 0 Å². The largest absolute Gasteiger partial charge is 0.508 e. The van der Waals surface area contributed by atoms with Gasteiger partial charge in [-0.25, -0.2) is 0 Å². The molecule has 0 aliphatic heterocycles. The summed E-state index contributed by atoms with van der Waals surface area (Å²) in [7, 11) is 0. The lowest BCUT2D eigenvalue weighted by atomic mass is 9.77. The Morgan fingerprint density at radius 1 is 1.13 bits per heavy atom. The molecule has 2 N–H and O–H groups in total. The molecule has 2 rings (SSSR count). The minimum atomic E-state index is -0.506. The predicted molar refractivity (Wildman–Crippen MR) is 126 cm³/mol. The molecule has 0 heterocycles. The summed E-state index contributed by atoms with van der Waals surface area (Å²) in [5, 5.41) is 13.3. The molecule has 1 aliphatic carbocycles. The van der Waals surface area contributed by atoms with Crippen molar-refractivity contribution in [2.24, 2.45) is 23.2 Å². The maximum atomic E-state index is 13.4. The van der Waals surface area contributed by atoms with E-state index in [2.05, 4.69) is 19.2 Å². The van der Waals surface area contributed by atoms with Gasteiger partial charge in [-0.1, -0.05) is 60.3 Å². The van der Waals surface area contributed by atoms with Crippen molar-refractivity contribution in [3.8, 4) is 5.75 Å². The molecule has 1 saturated carbocycles. The fourth-order valence-electron chi connectivity index (χ4n) is 3.97. The fraction of sp³-hybridized carbons (Fsp3) is 0.680. The quantitative estimate of drug-likeness (QED) is 0.361. The summed E-state index contributed by atoms with van der Waals surface area (Å²) >= 11 is 1.09. The van der Waals surface area contributed by atoms with Gasteiger partial charge in [0.1, 0.15) is 5.75 Å². The molecule has 1 aliphatic rings. The molecule has 0 bridgehead atoms. The normalized spacial score (nSPS) is 16.5. The number of aryl methyl sites for hydroxylation is 1. The minimum Gasteiger partial charge on any atom is -0.508 e. The Balaban J connectivity index is 2.26. The third-order valence-corrected chi connectivity index (χ3v) is 7.34. The van der Waals surface area contributed by atoms with E-state index in [0.29, 0.717) is 28.0 Å². The molecule has 0 radical (unpaired) electrons. The number of anilines is 1. The van der Waals surface area contributed by atoms with Crippen molar-refractivity contribution < 1.29 is 14.7 Å². The summed E-state index contributed by atoms with van der Waals surface area (Å²) in [4.78, 5) is 26.6. The van der Waals surface area contributed by atoms with Crippen molar-refractivity contribution in [1.82, 2.24) is 0 Å². The molecule has 0 aromatic heterocycles.